The first kappa shape index (κ1) is 12.0. The highest BCUT2D eigenvalue weighted by molar-refractivity contribution is 5.75. The van der Waals surface area contributed by atoms with E-state index in [1.54, 1.807) is 0 Å². The van der Waals surface area contributed by atoms with Gasteiger partial charge in [0.2, 0.25) is 0 Å². The van der Waals surface area contributed by atoms with Crippen molar-refractivity contribution in [2.45, 2.75) is 19.8 Å². The van der Waals surface area contributed by atoms with Crippen molar-refractivity contribution in [1.82, 2.24) is 4.98 Å². The van der Waals surface area contributed by atoms with Crippen molar-refractivity contribution in [2.24, 2.45) is 0 Å². The van der Waals surface area contributed by atoms with Gasteiger partial charge in [-0.2, -0.15) is 0 Å². The van der Waals surface area contributed by atoms with E-state index in [1.165, 1.54) is 11.1 Å². The Hall–Kier alpha value is -1.09. The molecule has 0 amide bonds. The van der Waals surface area contributed by atoms with Gasteiger partial charge >= 0.3 is 0 Å². The van der Waals surface area contributed by atoms with Crippen LogP contribution >= 0.6 is 0 Å². The van der Waals surface area contributed by atoms with Crippen LogP contribution in [0.25, 0.3) is 0 Å². The average molecular weight is 209 g/mol. The number of carbonyl (C=O) groups is 1. The summed E-state index contributed by atoms with van der Waals surface area (Å²) in [5, 5.41) is 0. The summed E-state index contributed by atoms with van der Waals surface area (Å²) in [5.41, 5.74) is 3.12. The molecule has 0 fully saturated rings. The highest BCUT2D eigenvalue weighted by Crippen LogP contribution is 2.14. The maximum Gasteiger partial charge on any atom is 0.166 e. The summed E-state index contributed by atoms with van der Waals surface area (Å²) < 4.78 is 0.972. The minimum atomic E-state index is 0.744. The monoisotopic (exact) mass is 209 g/mol. The number of aromatic nitrogens is 1. The summed E-state index contributed by atoms with van der Waals surface area (Å²) in [5.74, 6) is 0. The third kappa shape index (κ3) is 3.51. The van der Waals surface area contributed by atoms with Crippen LogP contribution in [-0.4, -0.2) is 43.4 Å². The van der Waals surface area contributed by atoms with E-state index in [-0.39, 0.29) is 0 Å². The fourth-order valence-corrected chi connectivity index (χ4v) is 1.74. The van der Waals surface area contributed by atoms with Gasteiger partial charge in [-0.25, -0.2) is 0 Å². The molecular formula is C12H21N2O+. The molecule has 1 N–H and O–H groups in total. The number of aromatic amines is 1. The van der Waals surface area contributed by atoms with Crippen molar-refractivity contribution in [2.75, 3.05) is 27.7 Å². The molecule has 0 spiro atoms. The van der Waals surface area contributed by atoms with Crippen LogP contribution in [0.2, 0.25) is 0 Å². The maximum absolute atomic E-state index is 10.8. The summed E-state index contributed by atoms with van der Waals surface area (Å²) in [6.45, 7) is 3.17. The number of carbonyl (C=O) groups excluding carboxylic acids is 1. The molecule has 1 aromatic heterocycles. The summed E-state index contributed by atoms with van der Waals surface area (Å²) in [6.07, 6.45) is 4.92. The second kappa shape index (κ2) is 4.62. The summed E-state index contributed by atoms with van der Waals surface area (Å²) in [6, 6.07) is 0. The van der Waals surface area contributed by atoms with Gasteiger partial charge < -0.3 is 9.47 Å². The predicted molar refractivity (Wildman–Crippen MR) is 62.1 cm³/mol. The number of rotatable bonds is 5. The van der Waals surface area contributed by atoms with Crippen molar-refractivity contribution < 1.29 is 9.28 Å². The van der Waals surface area contributed by atoms with Gasteiger partial charge in [-0.1, -0.05) is 0 Å². The van der Waals surface area contributed by atoms with Crippen molar-refractivity contribution in [3.63, 3.8) is 0 Å². The lowest BCUT2D eigenvalue weighted by Crippen LogP contribution is -2.35. The van der Waals surface area contributed by atoms with Gasteiger partial charge in [-0.05, 0) is 24.5 Å². The Kier molecular flexibility index (Phi) is 3.69. The normalized spacial score (nSPS) is 11.7. The number of hydrogen-bond acceptors (Lipinski definition) is 1. The lowest BCUT2D eigenvalue weighted by molar-refractivity contribution is -0.870. The number of H-pyrrole nitrogens is 1. The molecule has 84 valence electrons. The van der Waals surface area contributed by atoms with E-state index in [9.17, 15) is 4.79 Å². The quantitative estimate of drug-likeness (QED) is 0.582. The Morgan fingerprint density at radius 2 is 2.07 bits per heavy atom. The standard InChI is InChI=1S/C12H20N2O/c1-10-8-13-12(9-15)11(10)6-5-7-14(2,3)4/h8-9H,5-7H2,1-4H3/p+1. The minimum Gasteiger partial charge on any atom is -0.359 e. The zero-order valence-corrected chi connectivity index (χ0v) is 10.1. The van der Waals surface area contributed by atoms with Crippen molar-refractivity contribution in [1.29, 1.82) is 0 Å². The molecule has 0 aliphatic carbocycles. The van der Waals surface area contributed by atoms with Gasteiger partial charge in [0.25, 0.3) is 0 Å². The summed E-state index contributed by atoms with van der Waals surface area (Å²) in [4.78, 5) is 13.8. The van der Waals surface area contributed by atoms with E-state index in [0.717, 1.165) is 35.8 Å². The predicted octanol–water partition coefficient (Wildman–Crippen LogP) is 1.77. The van der Waals surface area contributed by atoms with Crippen LogP contribution in [0.15, 0.2) is 6.20 Å². The second-order valence-electron chi connectivity index (χ2n) is 5.10. The Balaban J connectivity index is 2.57. The van der Waals surface area contributed by atoms with Crippen LogP contribution in [-0.2, 0) is 6.42 Å². The number of nitrogens with zero attached hydrogens (tertiary/aromatic N) is 1. The van der Waals surface area contributed by atoms with Crippen LogP contribution in [0.4, 0.5) is 0 Å². The fourth-order valence-electron chi connectivity index (χ4n) is 1.74. The molecule has 1 aromatic rings. The lowest BCUT2D eigenvalue weighted by Gasteiger charge is -2.23. The SMILES string of the molecule is Cc1c[nH]c(C=O)c1CCC[N+](C)(C)C. The highest BCUT2D eigenvalue weighted by Gasteiger charge is 2.10. The molecule has 15 heavy (non-hydrogen) atoms. The zero-order valence-electron chi connectivity index (χ0n) is 10.1. The molecule has 0 radical (unpaired) electrons. The molecule has 0 aromatic carbocycles. The molecule has 0 saturated heterocycles. The Bertz CT molecular complexity index is 334. The average Bonchev–Trinajstić information content (AvgIpc) is 2.46. The van der Waals surface area contributed by atoms with E-state index >= 15 is 0 Å². The Morgan fingerprint density at radius 3 is 2.60 bits per heavy atom. The van der Waals surface area contributed by atoms with Crippen LogP contribution in [0.3, 0.4) is 0 Å². The molecular weight excluding hydrogens is 188 g/mol. The number of nitrogens with one attached hydrogen (secondary N) is 1. The van der Waals surface area contributed by atoms with Crippen LogP contribution in [0.5, 0.6) is 0 Å². The first-order chi connectivity index (χ1) is 6.94. The third-order valence-electron chi connectivity index (χ3n) is 2.62. The number of aldehydes is 1. The van der Waals surface area contributed by atoms with Crippen molar-refractivity contribution in [3.8, 4) is 0 Å². The first-order valence-electron chi connectivity index (χ1n) is 5.36. The molecule has 3 nitrogen and oxygen atoms in total. The number of aryl methyl sites for hydroxylation is 1. The molecule has 0 aliphatic heterocycles. The lowest BCUT2D eigenvalue weighted by atomic mass is 10.1. The zero-order chi connectivity index (χ0) is 11.5. The van der Waals surface area contributed by atoms with Crippen LogP contribution < -0.4 is 0 Å². The molecule has 0 bridgehead atoms. The maximum atomic E-state index is 10.8. The molecule has 0 saturated carbocycles. The van der Waals surface area contributed by atoms with Crippen molar-refractivity contribution >= 4 is 6.29 Å². The topological polar surface area (TPSA) is 32.9 Å². The Morgan fingerprint density at radius 1 is 1.40 bits per heavy atom. The van der Waals surface area contributed by atoms with Gasteiger partial charge in [0, 0.05) is 12.6 Å². The summed E-state index contributed by atoms with van der Waals surface area (Å²) >= 11 is 0. The molecule has 0 atom stereocenters. The van der Waals surface area contributed by atoms with E-state index in [1.807, 2.05) is 13.1 Å². The van der Waals surface area contributed by atoms with E-state index < -0.39 is 0 Å². The minimum absolute atomic E-state index is 0.744. The van der Waals surface area contributed by atoms with Gasteiger partial charge in [0.15, 0.2) is 6.29 Å². The second-order valence-corrected chi connectivity index (χ2v) is 5.10. The van der Waals surface area contributed by atoms with E-state index in [4.69, 9.17) is 0 Å². The van der Waals surface area contributed by atoms with Crippen molar-refractivity contribution in [3.05, 3.63) is 23.0 Å². The number of quaternary nitrogens is 1. The number of hydrogen-bond donors (Lipinski definition) is 1. The van der Waals surface area contributed by atoms with Gasteiger partial charge in [-0.3, -0.25) is 4.79 Å². The largest absolute Gasteiger partial charge is 0.359 e. The van der Waals surface area contributed by atoms with E-state index in [0.29, 0.717) is 0 Å². The highest BCUT2D eigenvalue weighted by atomic mass is 16.1. The van der Waals surface area contributed by atoms with Crippen LogP contribution in [0.1, 0.15) is 28.0 Å². The molecule has 1 rings (SSSR count). The van der Waals surface area contributed by atoms with Crippen LogP contribution in [0, 0.1) is 6.92 Å². The summed E-state index contributed by atoms with van der Waals surface area (Å²) in [7, 11) is 6.56. The third-order valence-corrected chi connectivity index (χ3v) is 2.62. The Labute approximate surface area is 91.7 Å². The van der Waals surface area contributed by atoms with Gasteiger partial charge in [0.1, 0.15) is 0 Å². The molecule has 1 heterocycles. The molecule has 0 unspecified atom stereocenters. The van der Waals surface area contributed by atoms with E-state index in [2.05, 4.69) is 26.1 Å². The fraction of sp³-hybridized carbons (Fsp3) is 0.583. The smallest absolute Gasteiger partial charge is 0.166 e. The van der Waals surface area contributed by atoms with Gasteiger partial charge in [-0.15, -0.1) is 0 Å². The van der Waals surface area contributed by atoms with Gasteiger partial charge in [0.05, 0.1) is 33.4 Å². The first-order valence-corrected chi connectivity index (χ1v) is 5.36. The molecule has 3 heteroatoms. The molecule has 0 aliphatic rings.